The third-order valence-electron chi connectivity index (χ3n) is 3.27. The molecule has 0 bridgehead atoms. The van der Waals surface area contributed by atoms with E-state index in [2.05, 4.69) is 0 Å². The maximum Gasteiger partial charge on any atom is 0.264 e. The zero-order valence-corrected chi connectivity index (χ0v) is 13.5. The van der Waals surface area contributed by atoms with Crippen molar-refractivity contribution >= 4 is 28.8 Å². The van der Waals surface area contributed by atoms with Crippen LogP contribution in [0, 0.1) is 0 Å². The Morgan fingerprint density at radius 1 is 1.18 bits per heavy atom. The second-order valence-electron chi connectivity index (χ2n) is 4.91. The average molecular weight is 332 g/mol. The van der Waals surface area contributed by atoms with Gasteiger partial charge < -0.3 is 9.32 Å². The van der Waals surface area contributed by atoms with E-state index in [1.807, 2.05) is 48.5 Å². The van der Waals surface area contributed by atoms with Crippen molar-refractivity contribution in [2.24, 2.45) is 0 Å². The predicted molar refractivity (Wildman–Crippen MR) is 89.3 cm³/mol. The third kappa shape index (κ3) is 3.24. The summed E-state index contributed by atoms with van der Waals surface area (Å²) < 4.78 is 5.27. The van der Waals surface area contributed by atoms with Crippen LogP contribution in [0.15, 0.2) is 59.2 Å². The van der Waals surface area contributed by atoms with Gasteiger partial charge in [-0.2, -0.15) is 0 Å². The lowest BCUT2D eigenvalue weighted by atomic mass is 10.2. The smallest absolute Gasteiger partial charge is 0.264 e. The van der Waals surface area contributed by atoms with E-state index in [1.54, 1.807) is 18.2 Å². The van der Waals surface area contributed by atoms with Crippen molar-refractivity contribution in [2.45, 2.75) is 6.54 Å². The molecule has 2 aromatic heterocycles. The molecule has 0 N–H and O–H groups in total. The molecule has 0 aliphatic carbocycles. The van der Waals surface area contributed by atoms with E-state index in [1.165, 1.54) is 11.3 Å². The predicted octanol–water partition coefficient (Wildman–Crippen LogP) is 4.93. The van der Waals surface area contributed by atoms with Crippen molar-refractivity contribution in [2.75, 3.05) is 7.05 Å². The van der Waals surface area contributed by atoms with Crippen LogP contribution in [0.25, 0.3) is 10.4 Å². The molecule has 0 unspecified atom stereocenters. The summed E-state index contributed by atoms with van der Waals surface area (Å²) in [5.41, 5.74) is 1.06. The summed E-state index contributed by atoms with van der Waals surface area (Å²) in [7, 11) is 1.77. The zero-order valence-electron chi connectivity index (χ0n) is 12.0. The normalized spacial score (nSPS) is 10.6. The van der Waals surface area contributed by atoms with Crippen LogP contribution in [0.5, 0.6) is 0 Å². The summed E-state index contributed by atoms with van der Waals surface area (Å²) in [5.74, 6) is 0.756. The van der Waals surface area contributed by atoms with E-state index in [-0.39, 0.29) is 5.91 Å². The van der Waals surface area contributed by atoms with E-state index in [4.69, 9.17) is 16.0 Å². The zero-order chi connectivity index (χ0) is 15.5. The van der Waals surface area contributed by atoms with Crippen LogP contribution in [0.4, 0.5) is 0 Å². The Hall–Kier alpha value is -2.04. The quantitative estimate of drug-likeness (QED) is 0.679. The van der Waals surface area contributed by atoms with Gasteiger partial charge in [-0.05, 0) is 42.0 Å². The summed E-state index contributed by atoms with van der Waals surface area (Å²) in [6, 6.07) is 15.1. The van der Waals surface area contributed by atoms with Gasteiger partial charge in [0, 0.05) is 16.9 Å². The number of carbonyl (C=O) groups is 1. The highest BCUT2D eigenvalue weighted by Gasteiger charge is 2.16. The van der Waals surface area contributed by atoms with E-state index >= 15 is 0 Å². The summed E-state index contributed by atoms with van der Waals surface area (Å²) in [4.78, 5) is 15.8. The van der Waals surface area contributed by atoms with Crippen LogP contribution in [-0.4, -0.2) is 17.9 Å². The molecule has 0 saturated heterocycles. The van der Waals surface area contributed by atoms with E-state index in [0.717, 1.165) is 16.2 Å². The van der Waals surface area contributed by atoms with Crippen molar-refractivity contribution < 1.29 is 9.21 Å². The van der Waals surface area contributed by atoms with Gasteiger partial charge in [0.25, 0.3) is 5.91 Å². The van der Waals surface area contributed by atoms with Gasteiger partial charge in [-0.25, -0.2) is 0 Å². The Kier molecular flexibility index (Phi) is 4.32. The Bertz CT molecular complexity index is 762. The molecule has 0 atom stereocenters. The minimum absolute atomic E-state index is 0.0124. The fourth-order valence-electron chi connectivity index (χ4n) is 2.12. The van der Waals surface area contributed by atoms with Crippen LogP contribution >= 0.6 is 22.9 Å². The lowest BCUT2D eigenvalue weighted by Gasteiger charge is -2.14. The third-order valence-corrected chi connectivity index (χ3v) is 4.64. The number of nitrogens with zero attached hydrogens (tertiary/aromatic N) is 1. The van der Waals surface area contributed by atoms with Crippen LogP contribution in [0.1, 0.15) is 15.4 Å². The standard InChI is InChI=1S/C17H14ClNO2S/c1-19(11-14-3-2-10-21-14)17(20)16-9-8-15(22-16)12-4-6-13(18)7-5-12/h2-10H,11H2,1H3. The molecule has 3 aromatic rings. The molecule has 22 heavy (non-hydrogen) atoms. The first-order chi connectivity index (χ1) is 10.6. The van der Waals surface area contributed by atoms with Crippen LogP contribution in [0.3, 0.4) is 0 Å². The Labute approximate surface area is 137 Å². The topological polar surface area (TPSA) is 33.5 Å². The van der Waals surface area contributed by atoms with E-state index < -0.39 is 0 Å². The summed E-state index contributed by atoms with van der Waals surface area (Å²) in [6.45, 7) is 0.458. The number of rotatable bonds is 4. The molecule has 3 nitrogen and oxygen atoms in total. The average Bonchev–Trinajstić information content (AvgIpc) is 3.18. The molecular formula is C17H14ClNO2S. The molecule has 0 fully saturated rings. The number of halogens is 1. The van der Waals surface area contributed by atoms with E-state index in [0.29, 0.717) is 16.4 Å². The van der Waals surface area contributed by atoms with Gasteiger partial charge in [0.15, 0.2) is 0 Å². The molecule has 0 saturated carbocycles. The molecular weight excluding hydrogens is 318 g/mol. The first-order valence-corrected chi connectivity index (χ1v) is 7.96. The number of hydrogen-bond donors (Lipinski definition) is 0. The Morgan fingerprint density at radius 3 is 2.64 bits per heavy atom. The lowest BCUT2D eigenvalue weighted by Crippen LogP contribution is -2.25. The number of hydrogen-bond acceptors (Lipinski definition) is 3. The number of benzene rings is 1. The fourth-order valence-corrected chi connectivity index (χ4v) is 3.25. The maximum atomic E-state index is 12.4. The van der Waals surface area contributed by atoms with Gasteiger partial charge in [0.1, 0.15) is 5.76 Å². The highest BCUT2D eigenvalue weighted by Crippen LogP contribution is 2.29. The van der Waals surface area contributed by atoms with Crippen molar-refractivity contribution in [1.82, 2.24) is 4.90 Å². The van der Waals surface area contributed by atoms with Gasteiger partial charge in [-0.3, -0.25) is 4.79 Å². The van der Waals surface area contributed by atoms with Crippen LogP contribution in [-0.2, 0) is 6.54 Å². The Balaban J connectivity index is 1.75. The monoisotopic (exact) mass is 331 g/mol. The fraction of sp³-hybridized carbons (Fsp3) is 0.118. The van der Waals surface area contributed by atoms with Crippen LogP contribution < -0.4 is 0 Å². The maximum absolute atomic E-state index is 12.4. The minimum Gasteiger partial charge on any atom is -0.467 e. The molecule has 0 spiro atoms. The Morgan fingerprint density at radius 2 is 1.95 bits per heavy atom. The number of thiophene rings is 1. The van der Waals surface area contributed by atoms with Crippen LogP contribution in [0.2, 0.25) is 5.02 Å². The van der Waals surface area contributed by atoms with Gasteiger partial charge >= 0.3 is 0 Å². The number of furan rings is 1. The second kappa shape index (κ2) is 6.38. The lowest BCUT2D eigenvalue weighted by molar-refractivity contribution is 0.0780. The van der Waals surface area contributed by atoms with E-state index in [9.17, 15) is 4.79 Å². The van der Waals surface area contributed by atoms with Crippen molar-refractivity contribution in [3.8, 4) is 10.4 Å². The van der Waals surface area contributed by atoms with Crippen molar-refractivity contribution in [3.05, 3.63) is 70.5 Å². The SMILES string of the molecule is CN(Cc1ccco1)C(=O)c1ccc(-c2ccc(Cl)cc2)s1. The molecule has 0 radical (unpaired) electrons. The highest BCUT2D eigenvalue weighted by atomic mass is 35.5. The van der Waals surface area contributed by atoms with Gasteiger partial charge in [0.2, 0.25) is 0 Å². The van der Waals surface area contributed by atoms with Gasteiger partial charge in [0.05, 0.1) is 17.7 Å². The molecule has 3 rings (SSSR count). The second-order valence-corrected chi connectivity index (χ2v) is 6.43. The van der Waals surface area contributed by atoms with Gasteiger partial charge in [-0.1, -0.05) is 23.7 Å². The molecule has 1 aromatic carbocycles. The summed E-state index contributed by atoms with van der Waals surface area (Å²) in [5, 5.41) is 0.704. The molecule has 1 amide bonds. The van der Waals surface area contributed by atoms with Gasteiger partial charge in [-0.15, -0.1) is 11.3 Å². The summed E-state index contributed by atoms with van der Waals surface area (Å²) in [6.07, 6.45) is 1.61. The number of amides is 1. The summed E-state index contributed by atoms with van der Waals surface area (Å²) >= 11 is 7.37. The minimum atomic E-state index is -0.0124. The number of carbonyl (C=O) groups excluding carboxylic acids is 1. The largest absolute Gasteiger partial charge is 0.467 e. The molecule has 2 heterocycles. The van der Waals surface area contributed by atoms with Crippen molar-refractivity contribution in [3.63, 3.8) is 0 Å². The first kappa shape index (κ1) is 14.9. The molecule has 0 aliphatic heterocycles. The molecule has 0 aliphatic rings. The molecule has 5 heteroatoms. The van der Waals surface area contributed by atoms with Crippen molar-refractivity contribution in [1.29, 1.82) is 0 Å². The highest BCUT2D eigenvalue weighted by molar-refractivity contribution is 7.17. The first-order valence-electron chi connectivity index (χ1n) is 6.77. The molecule has 112 valence electrons.